The fraction of sp³-hybridized carbons (Fsp3) is 0.688. The van der Waals surface area contributed by atoms with Crippen LogP contribution in [0.5, 0.6) is 0 Å². The molecule has 0 aliphatic carbocycles. The van der Waals surface area contributed by atoms with E-state index < -0.39 is 0 Å². The van der Waals surface area contributed by atoms with Crippen molar-refractivity contribution in [2.75, 3.05) is 19.8 Å². The van der Waals surface area contributed by atoms with E-state index >= 15 is 0 Å². The molecular formula is C16H23NO3. The minimum Gasteiger partial charge on any atom is -0.392 e. The third kappa shape index (κ3) is 3.19. The lowest BCUT2D eigenvalue weighted by Crippen LogP contribution is -2.47. The molecule has 0 saturated carbocycles. The summed E-state index contributed by atoms with van der Waals surface area (Å²) in [6.07, 6.45) is 7.83. The van der Waals surface area contributed by atoms with Crippen molar-refractivity contribution >= 4 is 0 Å². The van der Waals surface area contributed by atoms with Crippen LogP contribution in [0.3, 0.4) is 0 Å². The number of aromatic nitrogens is 1. The van der Waals surface area contributed by atoms with Crippen molar-refractivity contribution in [2.45, 2.75) is 43.8 Å². The minimum atomic E-state index is -0.291. The van der Waals surface area contributed by atoms with E-state index in [0.717, 1.165) is 51.1 Å². The zero-order chi connectivity index (χ0) is 13.8. The summed E-state index contributed by atoms with van der Waals surface area (Å²) in [5, 5.41) is 10.5. The highest BCUT2D eigenvalue weighted by molar-refractivity contribution is 5.11. The first kappa shape index (κ1) is 14.0. The molecule has 2 fully saturated rings. The smallest absolute Gasteiger partial charge is 0.0730 e. The van der Waals surface area contributed by atoms with Crippen molar-refractivity contribution in [1.29, 1.82) is 0 Å². The summed E-state index contributed by atoms with van der Waals surface area (Å²) in [5.41, 5.74) is 1.11. The van der Waals surface area contributed by atoms with Crippen LogP contribution in [0.4, 0.5) is 0 Å². The monoisotopic (exact) mass is 277 g/mol. The number of rotatable bonds is 3. The van der Waals surface area contributed by atoms with Crippen molar-refractivity contribution in [3.63, 3.8) is 0 Å². The summed E-state index contributed by atoms with van der Waals surface area (Å²) in [4.78, 5) is 4.02. The molecule has 0 aromatic carbocycles. The zero-order valence-corrected chi connectivity index (χ0v) is 11.8. The van der Waals surface area contributed by atoms with Gasteiger partial charge in [-0.25, -0.2) is 0 Å². The van der Waals surface area contributed by atoms with Crippen LogP contribution in [0, 0.1) is 5.92 Å². The standard InChI is InChI=1S/C16H23NO3/c18-15(11-13-1-6-17-7-2-13)14-3-8-20-16(12-14)4-9-19-10-5-16/h1-2,6-7,14-15,18H,3-5,8-12H2. The third-order valence-corrected chi connectivity index (χ3v) is 4.67. The average molecular weight is 277 g/mol. The summed E-state index contributed by atoms with van der Waals surface area (Å²) in [5.74, 6) is 0.329. The second-order valence-corrected chi connectivity index (χ2v) is 6.02. The molecule has 0 bridgehead atoms. The van der Waals surface area contributed by atoms with Gasteiger partial charge in [0.1, 0.15) is 0 Å². The van der Waals surface area contributed by atoms with E-state index in [-0.39, 0.29) is 11.7 Å². The molecule has 2 atom stereocenters. The first-order valence-electron chi connectivity index (χ1n) is 7.56. The number of pyridine rings is 1. The lowest BCUT2D eigenvalue weighted by Gasteiger charge is -2.44. The van der Waals surface area contributed by atoms with Gasteiger partial charge in [-0.2, -0.15) is 0 Å². The lowest BCUT2D eigenvalue weighted by atomic mass is 9.77. The van der Waals surface area contributed by atoms with Gasteiger partial charge in [-0.1, -0.05) is 0 Å². The molecule has 0 radical (unpaired) electrons. The van der Waals surface area contributed by atoms with Gasteiger partial charge in [-0.15, -0.1) is 0 Å². The Morgan fingerprint density at radius 3 is 2.75 bits per heavy atom. The number of hydrogen-bond acceptors (Lipinski definition) is 4. The van der Waals surface area contributed by atoms with E-state index in [2.05, 4.69) is 4.98 Å². The van der Waals surface area contributed by atoms with Crippen LogP contribution >= 0.6 is 0 Å². The van der Waals surface area contributed by atoms with Crippen molar-refractivity contribution in [3.8, 4) is 0 Å². The lowest BCUT2D eigenvalue weighted by molar-refractivity contribution is -0.158. The van der Waals surface area contributed by atoms with Gasteiger partial charge in [0, 0.05) is 32.2 Å². The summed E-state index contributed by atoms with van der Waals surface area (Å²) in [6, 6.07) is 3.96. The molecule has 1 N–H and O–H groups in total. The maximum atomic E-state index is 10.5. The Morgan fingerprint density at radius 2 is 2.00 bits per heavy atom. The molecule has 110 valence electrons. The summed E-state index contributed by atoms with van der Waals surface area (Å²) in [6.45, 7) is 2.33. The molecule has 2 aliphatic heterocycles. The van der Waals surface area contributed by atoms with Gasteiger partial charge in [0.2, 0.25) is 0 Å². The highest BCUT2D eigenvalue weighted by atomic mass is 16.5. The van der Waals surface area contributed by atoms with Gasteiger partial charge >= 0.3 is 0 Å². The molecule has 2 saturated heterocycles. The fourth-order valence-corrected chi connectivity index (χ4v) is 3.41. The van der Waals surface area contributed by atoms with E-state index in [0.29, 0.717) is 12.3 Å². The van der Waals surface area contributed by atoms with Crippen LogP contribution in [0.15, 0.2) is 24.5 Å². The Labute approximate surface area is 120 Å². The molecule has 2 aliphatic rings. The first-order valence-corrected chi connectivity index (χ1v) is 7.56. The van der Waals surface area contributed by atoms with Gasteiger partial charge in [0.05, 0.1) is 11.7 Å². The maximum absolute atomic E-state index is 10.5. The second kappa shape index (κ2) is 6.20. The number of hydrogen-bond donors (Lipinski definition) is 1. The van der Waals surface area contributed by atoms with Crippen LogP contribution < -0.4 is 0 Å². The van der Waals surface area contributed by atoms with Crippen LogP contribution in [-0.2, 0) is 15.9 Å². The molecular weight excluding hydrogens is 254 g/mol. The third-order valence-electron chi connectivity index (χ3n) is 4.67. The molecule has 4 nitrogen and oxygen atoms in total. The first-order chi connectivity index (χ1) is 9.77. The van der Waals surface area contributed by atoms with Gasteiger partial charge in [-0.05, 0) is 55.7 Å². The predicted molar refractivity (Wildman–Crippen MR) is 75.4 cm³/mol. The second-order valence-electron chi connectivity index (χ2n) is 6.02. The van der Waals surface area contributed by atoms with Crippen LogP contribution in [-0.4, -0.2) is 41.6 Å². The predicted octanol–water partition coefficient (Wildman–Crippen LogP) is 1.96. The summed E-state index contributed by atoms with van der Waals surface area (Å²) < 4.78 is 11.5. The van der Waals surface area contributed by atoms with Gasteiger partial charge in [0.15, 0.2) is 0 Å². The molecule has 1 aromatic heterocycles. The highest BCUT2D eigenvalue weighted by Crippen LogP contribution is 2.38. The van der Waals surface area contributed by atoms with Crippen LogP contribution in [0.2, 0.25) is 0 Å². The topological polar surface area (TPSA) is 51.6 Å². The average Bonchev–Trinajstić information content (AvgIpc) is 2.49. The Bertz CT molecular complexity index is 411. The Morgan fingerprint density at radius 1 is 1.25 bits per heavy atom. The highest BCUT2D eigenvalue weighted by Gasteiger charge is 2.40. The number of nitrogens with zero attached hydrogens (tertiary/aromatic N) is 1. The van der Waals surface area contributed by atoms with E-state index in [9.17, 15) is 5.11 Å². The van der Waals surface area contributed by atoms with Gasteiger partial charge in [0.25, 0.3) is 0 Å². The number of ether oxygens (including phenoxy) is 2. The van der Waals surface area contributed by atoms with Crippen molar-refractivity contribution in [1.82, 2.24) is 4.98 Å². The van der Waals surface area contributed by atoms with Crippen LogP contribution in [0.1, 0.15) is 31.2 Å². The quantitative estimate of drug-likeness (QED) is 0.917. The largest absolute Gasteiger partial charge is 0.392 e. The fourth-order valence-electron chi connectivity index (χ4n) is 3.41. The van der Waals surface area contributed by atoms with E-state index in [1.807, 2.05) is 12.1 Å². The Kier molecular flexibility index (Phi) is 4.34. The van der Waals surface area contributed by atoms with Crippen LogP contribution in [0.25, 0.3) is 0 Å². The van der Waals surface area contributed by atoms with E-state index in [1.54, 1.807) is 12.4 Å². The number of aliphatic hydroxyl groups excluding tert-OH is 1. The normalized spacial score (nSPS) is 27.4. The molecule has 1 aromatic rings. The SMILES string of the molecule is OC(Cc1ccncc1)C1CCOC2(CCOCC2)C1. The molecule has 1 spiro atoms. The minimum absolute atomic E-state index is 0.0413. The molecule has 20 heavy (non-hydrogen) atoms. The molecule has 4 heteroatoms. The van der Waals surface area contributed by atoms with Gasteiger partial charge in [-0.3, -0.25) is 4.98 Å². The van der Waals surface area contributed by atoms with E-state index in [1.165, 1.54) is 0 Å². The summed E-state index contributed by atoms with van der Waals surface area (Å²) in [7, 11) is 0. The molecule has 0 amide bonds. The molecule has 3 rings (SSSR count). The molecule has 3 heterocycles. The Hall–Kier alpha value is -0.970. The van der Waals surface area contributed by atoms with E-state index in [4.69, 9.17) is 9.47 Å². The van der Waals surface area contributed by atoms with Crippen molar-refractivity contribution in [3.05, 3.63) is 30.1 Å². The van der Waals surface area contributed by atoms with Crippen molar-refractivity contribution < 1.29 is 14.6 Å². The maximum Gasteiger partial charge on any atom is 0.0730 e. The summed E-state index contributed by atoms with van der Waals surface area (Å²) >= 11 is 0. The molecule has 2 unspecified atom stereocenters. The zero-order valence-electron chi connectivity index (χ0n) is 11.8. The van der Waals surface area contributed by atoms with Crippen molar-refractivity contribution in [2.24, 2.45) is 5.92 Å². The Balaban J connectivity index is 1.61. The number of aliphatic hydroxyl groups is 1. The van der Waals surface area contributed by atoms with Gasteiger partial charge < -0.3 is 14.6 Å².